The van der Waals surface area contributed by atoms with Gasteiger partial charge in [-0.25, -0.2) is 4.79 Å². The first-order valence-corrected chi connectivity index (χ1v) is 12.9. The van der Waals surface area contributed by atoms with E-state index in [1.165, 1.54) is 10.9 Å². The van der Waals surface area contributed by atoms with Gasteiger partial charge in [0.2, 0.25) is 5.91 Å². The number of aromatic nitrogens is 1. The molecule has 0 radical (unpaired) electrons. The Morgan fingerprint density at radius 2 is 1.97 bits per heavy atom. The Labute approximate surface area is 208 Å². The van der Waals surface area contributed by atoms with E-state index in [9.17, 15) is 9.59 Å². The van der Waals surface area contributed by atoms with Gasteiger partial charge in [0.25, 0.3) is 0 Å². The summed E-state index contributed by atoms with van der Waals surface area (Å²) in [5.41, 5.74) is 1.97. The standard InChI is InChI=1S/C27H41N5O3/c1-27(2,3)31-26(34)30-19-14-18(15-28-16-19)25(33)32(20-11-12-20)24(10-7-13-35-4)22-17-29-23-9-6-5-8-21(22)23/h5-6,8-9,17-20,24,28-29H,7,10-16H2,1-4H3,(H2,30,31,34)/t18-,19-,24?/m0/s1. The van der Waals surface area contributed by atoms with Gasteiger partial charge < -0.3 is 30.6 Å². The highest BCUT2D eigenvalue weighted by Gasteiger charge is 2.42. The molecule has 3 atom stereocenters. The molecule has 192 valence electrons. The molecule has 0 bridgehead atoms. The van der Waals surface area contributed by atoms with Crippen LogP contribution in [0.5, 0.6) is 0 Å². The van der Waals surface area contributed by atoms with E-state index in [2.05, 4.69) is 50.2 Å². The molecule has 2 heterocycles. The lowest BCUT2D eigenvalue weighted by Gasteiger charge is -2.38. The second kappa shape index (κ2) is 11.0. The Morgan fingerprint density at radius 1 is 1.20 bits per heavy atom. The molecule has 3 amide bonds. The van der Waals surface area contributed by atoms with Crippen molar-refractivity contribution in [2.45, 2.75) is 76.5 Å². The fraction of sp³-hybridized carbons (Fsp3) is 0.630. The molecule has 1 saturated carbocycles. The highest BCUT2D eigenvalue weighted by molar-refractivity contribution is 5.86. The van der Waals surface area contributed by atoms with Crippen LogP contribution >= 0.6 is 0 Å². The normalized spacial score (nSPS) is 21.5. The first kappa shape index (κ1) is 25.5. The SMILES string of the molecule is COCCCC(c1c[nH]c2ccccc12)N(C(=O)[C@@H]1CNC[C@@H](NC(=O)NC(C)(C)C)C1)C1CC1. The van der Waals surface area contributed by atoms with Crippen LogP contribution in [0.2, 0.25) is 0 Å². The number of benzene rings is 1. The van der Waals surface area contributed by atoms with Crippen LogP contribution in [-0.2, 0) is 9.53 Å². The number of H-pyrrole nitrogens is 1. The van der Waals surface area contributed by atoms with Gasteiger partial charge >= 0.3 is 6.03 Å². The van der Waals surface area contributed by atoms with Gasteiger partial charge in [-0.1, -0.05) is 18.2 Å². The highest BCUT2D eigenvalue weighted by atomic mass is 16.5. The monoisotopic (exact) mass is 483 g/mol. The van der Waals surface area contributed by atoms with E-state index in [1.54, 1.807) is 7.11 Å². The minimum atomic E-state index is -0.307. The number of hydrogen-bond acceptors (Lipinski definition) is 4. The summed E-state index contributed by atoms with van der Waals surface area (Å²) in [6.45, 7) is 7.86. The molecule has 35 heavy (non-hydrogen) atoms. The van der Waals surface area contributed by atoms with Crippen LogP contribution in [-0.4, -0.2) is 66.3 Å². The highest BCUT2D eigenvalue weighted by Crippen LogP contribution is 2.40. The van der Waals surface area contributed by atoms with E-state index < -0.39 is 0 Å². The molecule has 1 aliphatic carbocycles. The lowest BCUT2D eigenvalue weighted by atomic mass is 9.92. The Hall–Kier alpha value is -2.58. The number of nitrogens with one attached hydrogen (secondary N) is 4. The lowest BCUT2D eigenvalue weighted by molar-refractivity contribution is -0.140. The Balaban J connectivity index is 1.53. The topological polar surface area (TPSA) is 98.5 Å². The number of nitrogens with zero attached hydrogens (tertiary/aromatic N) is 1. The summed E-state index contributed by atoms with van der Waals surface area (Å²) in [7, 11) is 1.72. The fourth-order valence-corrected chi connectivity index (χ4v) is 5.19. The molecule has 8 heteroatoms. The summed E-state index contributed by atoms with van der Waals surface area (Å²) in [4.78, 5) is 32.1. The average Bonchev–Trinajstić information content (AvgIpc) is 3.55. The molecule has 2 fully saturated rings. The zero-order chi connectivity index (χ0) is 25.0. The van der Waals surface area contributed by atoms with Crippen LogP contribution in [0, 0.1) is 5.92 Å². The molecule has 4 N–H and O–H groups in total. The van der Waals surface area contributed by atoms with Gasteiger partial charge in [0.1, 0.15) is 0 Å². The third-order valence-corrected chi connectivity index (χ3v) is 6.86. The van der Waals surface area contributed by atoms with Gasteiger partial charge in [0.15, 0.2) is 0 Å². The van der Waals surface area contributed by atoms with Crippen LogP contribution in [0.4, 0.5) is 4.79 Å². The third-order valence-electron chi connectivity index (χ3n) is 6.86. The van der Waals surface area contributed by atoms with Crippen LogP contribution in [0.3, 0.4) is 0 Å². The number of amides is 3. The lowest BCUT2D eigenvalue weighted by Crippen LogP contribution is -2.56. The number of fused-ring (bicyclic) bond motifs is 1. The van der Waals surface area contributed by atoms with Gasteiger partial charge in [-0.2, -0.15) is 0 Å². The summed E-state index contributed by atoms with van der Waals surface area (Å²) < 4.78 is 5.35. The third kappa shape index (κ3) is 6.55. The van der Waals surface area contributed by atoms with E-state index in [0.29, 0.717) is 26.1 Å². The van der Waals surface area contributed by atoms with Crippen molar-refractivity contribution in [1.82, 2.24) is 25.8 Å². The molecule has 0 spiro atoms. The first-order valence-electron chi connectivity index (χ1n) is 12.9. The smallest absolute Gasteiger partial charge is 0.315 e. The van der Waals surface area contributed by atoms with E-state index in [1.807, 2.05) is 26.8 Å². The number of carbonyl (C=O) groups excluding carboxylic acids is 2. The van der Waals surface area contributed by atoms with Gasteiger partial charge in [0, 0.05) is 61.5 Å². The molecule has 2 aromatic rings. The van der Waals surface area contributed by atoms with E-state index in [-0.39, 0.29) is 41.5 Å². The van der Waals surface area contributed by atoms with Gasteiger partial charge in [-0.15, -0.1) is 0 Å². The van der Waals surface area contributed by atoms with Crippen molar-refractivity contribution in [3.05, 3.63) is 36.0 Å². The Bertz CT molecular complexity index is 1010. The molecular weight excluding hydrogens is 442 g/mol. The maximum atomic E-state index is 14.1. The van der Waals surface area contributed by atoms with Crippen molar-refractivity contribution in [2.24, 2.45) is 5.92 Å². The number of piperidine rings is 1. The van der Waals surface area contributed by atoms with Gasteiger partial charge in [-0.05, 0) is 64.5 Å². The second-order valence-electron chi connectivity index (χ2n) is 11.1. The summed E-state index contributed by atoms with van der Waals surface area (Å²) in [6.07, 6.45) is 6.55. The van der Waals surface area contributed by atoms with Crippen LogP contribution in [0.1, 0.15) is 64.5 Å². The minimum absolute atomic E-state index is 0.00109. The minimum Gasteiger partial charge on any atom is -0.385 e. The number of para-hydroxylation sites is 1. The van der Waals surface area contributed by atoms with Crippen molar-refractivity contribution in [1.29, 1.82) is 0 Å². The molecule has 1 aromatic heterocycles. The molecule has 4 rings (SSSR count). The van der Waals surface area contributed by atoms with Crippen molar-refractivity contribution in [2.75, 3.05) is 26.8 Å². The first-order chi connectivity index (χ1) is 16.8. The second-order valence-corrected chi connectivity index (χ2v) is 11.1. The summed E-state index contributed by atoms with van der Waals surface area (Å²) >= 11 is 0. The van der Waals surface area contributed by atoms with E-state index in [0.717, 1.165) is 31.2 Å². The summed E-state index contributed by atoms with van der Waals surface area (Å²) in [5, 5.41) is 10.6. The predicted octanol–water partition coefficient (Wildman–Crippen LogP) is 3.70. The van der Waals surface area contributed by atoms with Gasteiger partial charge in [-0.3, -0.25) is 4.79 Å². The van der Waals surface area contributed by atoms with Crippen molar-refractivity contribution < 1.29 is 14.3 Å². The van der Waals surface area contributed by atoms with E-state index in [4.69, 9.17) is 4.74 Å². The fourth-order valence-electron chi connectivity index (χ4n) is 5.19. The summed E-state index contributed by atoms with van der Waals surface area (Å²) in [6, 6.07) is 8.31. The molecule has 8 nitrogen and oxygen atoms in total. The van der Waals surface area contributed by atoms with Crippen LogP contribution < -0.4 is 16.0 Å². The summed E-state index contributed by atoms with van der Waals surface area (Å²) in [5.74, 6) is 0.0230. The number of urea groups is 1. The number of carbonyl (C=O) groups is 2. The maximum Gasteiger partial charge on any atom is 0.315 e. The number of ether oxygens (including phenoxy) is 1. The molecule has 1 aliphatic heterocycles. The molecule has 1 saturated heterocycles. The van der Waals surface area contributed by atoms with Crippen LogP contribution in [0.15, 0.2) is 30.5 Å². The zero-order valence-electron chi connectivity index (χ0n) is 21.5. The van der Waals surface area contributed by atoms with Crippen LogP contribution in [0.25, 0.3) is 10.9 Å². The molecule has 1 unspecified atom stereocenters. The maximum absolute atomic E-state index is 14.1. The number of hydrogen-bond donors (Lipinski definition) is 4. The molecular formula is C27H41N5O3. The predicted molar refractivity (Wildman–Crippen MR) is 138 cm³/mol. The quantitative estimate of drug-likeness (QED) is 0.409. The number of rotatable bonds is 9. The molecule has 2 aliphatic rings. The Kier molecular flexibility index (Phi) is 8.02. The largest absolute Gasteiger partial charge is 0.385 e. The number of aromatic amines is 1. The Morgan fingerprint density at radius 3 is 2.69 bits per heavy atom. The van der Waals surface area contributed by atoms with Gasteiger partial charge in [0.05, 0.1) is 12.0 Å². The zero-order valence-corrected chi connectivity index (χ0v) is 21.5. The number of methoxy groups -OCH3 is 1. The molecule has 1 aromatic carbocycles. The van der Waals surface area contributed by atoms with E-state index >= 15 is 0 Å². The van der Waals surface area contributed by atoms with Crippen molar-refractivity contribution in [3.8, 4) is 0 Å². The van der Waals surface area contributed by atoms with Crippen molar-refractivity contribution >= 4 is 22.8 Å². The van der Waals surface area contributed by atoms with Crippen molar-refractivity contribution in [3.63, 3.8) is 0 Å². The average molecular weight is 484 g/mol.